The number of carbonyl (C=O) groups excluding carboxylic acids is 2. The molecule has 1 fully saturated rings. The highest BCUT2D eigenvalue weighted by atomic mass is 32.1. The maximum absolute atomic E-state index is 13.0. The van der Waals surface area contributed by atoms with Crippen LogP contribution >= 0.6 is 11.3 Å². The first-order valence-corrected chi connectivity index (χ1v) is 13.4. The third-order valence-electron chi connectivity index (χ3n) is 6.06. The Hall–Kier alpha value is -3.67. The molecule has 3 heterocycles. The molecule has 1 saturated heterocycles. The SMILES string of the molecule is CN(CCOc1nc2sc(N3CCC[C@@H]3C(=O)NCc3ccccc3)nc2c(=O)n1C)C(=O)OC(C)(C)C. The van der Waals surface area contributed by atoms with E-state index >= 15 is 0 Å². The fraction of sp³-hybridized carbons (Fsp3) is 0.500. The van der Waals surface area contributed by atoms with Gasteiger partial charge in [0.05, 0.1) is 6.54 Å². The van der Waals surface area contributed by atoms with Crippen molar-refractivity contribution in [1.82, 2.24) is 24.8 Å². The van der Waals surface area contributed by atoms with Crippen LogP contribution in [0.4, 0.5) is 9.93 Å². The maximum atomic E-state index is 13.0. The number of aromatic nitrogens is 3. The predicted octanol–water partition coefficient (Wildman–Crippen LogP) is 2.92. The van der Waals surface area contributed by atoms with Gasteiger partial charge < -0.3 is 24.6 Å². The average Bonchev–Trinajstić information content (AvgIpc) is 3.52. The Kier molecular flexibility index (Phi) is 8.20. The van der Waals surface area contributed by atoms with Gasteiger partial charge in [0.25, 0.3) is 11.6 Å². The molecule has 1 aromatic carbocycles. The summed E-state index contributed by atoms with van der Waals surface area (Å²) in [5.74, 6) is -0.0652. The van der Waals surface area contributed by atoms with Gasteiger partial charge in [-0.1, -0.05) is 41.7 Å². The van der Waals surface area contributed by atoms with E-state index in [0.717, 1.165) is 12.0 Å². The zero-order valence-electron chi connectivity index (χ0n) is 22.4. The summed E-state index contributed by atoms with van der Waals surface area (Å²) in [6.07, 6.45) is 1.10. The van der Waals surface area contributed by atoms with Gasteiger partial charge in [0, 0.05) is 27.2 Å². The lowest BCUT2D eigenvalue weighted by atomic mass is 10.2. The summed E-state index contributed by atoms with van der Waals surface area (Å²) >= 11 is 1.26. The summed E-state index contributed by atoms with van der Waals surface area (Å²) in [6, 6.07) is 9.53. The van der Waals surface area contributed by atoms with Gasteiger partial charge in [0.2, 0.25) is 5.91 Å². The molecule has 0 unspecified atom stereocenters. The van der Waals surface area contributed by atoms with Crippen LogP contribution in [0.3, 0.4) is 0 Å². The Labute approximate surface area is 225 Å². The minimum absolute atomic E-state index is 0.0652. The van der Waals surface area contributed by atoms with Crippen molar-refractivity contribution in [2.24, 2.45) is 7.05 Å². The first kappa shape index (κ1) is 27.4. The first-order valence-electron chi connectivity index (χ1n) is 12.6. The maximum Gasteiger partial charge on any atom is 0.410 e. The van der Waals surface area contributed by atoms with E-state index in [0.29, 0.717) is 29.5 Å². The molecule has 0 radical (unpaired) electrons. The van der Waals surface area contributed by atoms with Gasteiger partial charge in [-0.2, -0.15) is 4.98 Å². The quantitative estimate of drug-likeness (QED) is 0.462. The molecular formula is C26H34N6O5S. The van der Waals surface area contributed by atoms with Crippen molar-refractivity contribution in [1.29, 1.82) is 0 Å². The number of ether oxygens (including phenoxy) is 2. The second-order valence-electron chi connectivity index (χ2n) is 10.2. The number of hydrogen-bond donors (Lipinski definition) is 1. The molecule has 1 aliphatic heterocycles. The van der Waals surface area contributed by atoms with Gasteiger partial charge in [0.1, 0.15) is 18.2 Å². The Morgan fingerprint density at radius 2 is 1.95 bits per heavy atom. The van der Waals surface area contributed by atoms with E-state index in [4.69, 9.17) is 9.47 Å². The second-order valence-corrected chi connectivity index (χ2v) is 11.2. The van der Waals surface area contributed by atoms with Gasteiger partial charge in [0.15, 0.2) is 15.5 Å². The molecule has 0 saturated carbocycles. The van der Waals surface area contributed by atoms with E-state index < -0.39 is 11.7 Å². The van der Waals surface area contributed by atoms with Crippen LogP contribution in [0.1, 0.15) is 39.2 Å². The number of anilines is 1. The molecule has 204 valence electrons. The minimum Gasteiger partial charge on any atom is -0.463 e. The van der Waals surface area contributed by atoms with Crippen molar-refractivity contribution < 1.29 is 19.1 Å². The summed E-state index contributed by atoms with van der Waals surface area (Å²) < 4.78 is 12.4. The molecule has 11 nitrogen and oxygen atoms in total. The number of fused-ring (bicyclic) bond motifs is 1. The molecule has 1 aliphatic rings. The molecule has 1 N–H and O–H groups in total. The standard InChI is InChI=1S/C26H34N6O5S/c1-26(2,3)37-25(35)30(4)14-15-36-23-29-21-19(22(34)31(23)5)28-24(38-21)32-13-9-12-18(32)20(33)27-16-17-10-7-6-8-11-17/h6-8,10-11,18H,9,12-16H2,1-5H3,(H,27,33)/t18-/m1/s1. The minimum atomic E-state index is -0.594. The number of hydrogen-bond acceptors (Lipinski definition) is 9. The lowest BCUT2D eigenvalue weighted by molar-refractivity contribution is -0.122. The summed E-state index contributed by atoms with van der Waals surface area (Å²) in [5, 5.41) is 3.60. The normalized spacial score (nSPS) is 15.5. The number of nitrogens with one attached hydrogen (secondary N) is 1. The number of benzene rings is 1. The fourth-order valence-corrected chi connectivity index (χ4v) is 5.05. The Balaban J connectivity index is 1.44. The zero-order valence-corrected chi connectivity index (χ0v) is 23.2. The van der Waals surface area contributed by atoms with Crippen molar-refractivity contribution in [3.8, 4) is 6.01 Å². The van der Waals surface area contributed by atoms with Crippen LogP contribution in [-0.2, 0) is 23.1 Å². The van der Waals surface area contributed by atoms with Crippen LogP contribution in [0.25, 0.3) is 10.3 Å². The van der Waals surface area contributed by atoms with Crippen molar-refractivity contribution in [3.05, 3.63) is 46.2 Å². The zero-order chi connectivity index (χ0) is 27.4. The summed E-state index contributed by atoms with van der Waals surface area (Å²) in [4.78, 5) is 51.0. The van der Waals surface area contributed by atoms with E-state index in [9.17, 15) is 14.4 Å². The Morgan fingerprint density at radius 3 is 2.66 bits per heavy atom. The highest BCUT2D eigenvalue weighted by Gasteiger charge is 2.33. The molecule has 0 aliphatic carbocycles. The van der Waals surface area contributed by atoms with E-state index in [1.54, 1.807) is 34.9 Å². The van der Waals surface area contributed by atoms with Gasteiger partial charge >= 0.3 is 6.09 Å². The number of thiazole rings is 1. The Morgan fingerprint density at radius 1 is 1.21 bits per heavy atom. The smallest absolute Gasteiger partial charge is 0.410 e. The summed E-state index contributed by atoms with van der Waals surface area (Å²) in [7, 11) is 3.18. The van der Waals surface area contributed by atoms with Gasteiger partial charge in [-0.15, -0.1) is 0 Å². The van der Waals surface area contributed by atoms with Crippen LogP contribution in [0.15, 0.2) is 35.1 Å². The summed E-state index contributed by atoms with van der Waals surface area (Å²) in [6.45, 7) is 6.91. The van der Waals surface area contributed by atoms with Crippen LogP contribution in [0.5, 0.6) is 6.01 Å². The highest BCUT2D eigenvalue weighted by Crippen LogP contribution is 2.32. The third kappa shape index (κ3) is 6.42. The van der Waals surface area contributed by atoms with E-state index in [1.165, 1.54) is 20.8 Å². The molecule has 12 heteroatoms. The van der Waals surface area contributed by atoms with Crippen LogP contribution < -0.4 is 20.5 Å². The molecular weight excluding hydrogens is 508 g/mol. The van der Waals surface area contributed by atoms with E-state index in [-0.39, 0.29) is 42.2 Å². The molecule has 0 spiro atoms. The first-order chi connectivity index (χ1) is 18.0. The van der Waals surface area contributed by atoms with Gasteiger partial charge in [-0.3, -0.25) is 14.2 Å². The average molecular weight is 543 g/mol. The number of rotatable bonds is 8. The second kappa shape index (κ2) is 11.4. The predicted molar refractivity (Wildman–Crippen MR) is 146 cm³/mol. The topological polar surface area (TPSA) is 119 Å². The number of likely N-dealkylation sites (N-methyl/N-ethyl adjacent to an activating group) is 1. The van der Waals surface area contributed by atoms with Crippen molar-refractivity contribution >= 4 is 38.8 Å². The third-order valence-corrected chi connectivity index (χ3v) is 7.05. The Bertz CT molecular complexity index is 1350. The molecule has 3 aromatic rings. The van der Waals surface area contributed by atoms with Gasteiger partial charge in [-0.25, -0.2) is 9.78 Å². The van der Waals surface area contributed by atoms with Crippen LogP contribution in [0.2, 0.25) is 0 Å². The van der Waals surface area contributed by atoms with Crippen molar-refractivity contribution in [3.63, 3.8) is 0 Å². The number of carbonyl (C=O) groups is 2. The van der Waals surface area contributed by atoms with Gasteiger partial charge in [-0.05, 0) is 39.2 Å². The molecule has 4 rings (SSSR count). The van der Waals surface area contributed by atoms with Crippen molar-refractivity contribution in [2.75, 3.05) is 31.6 Å². The fourth-order valence-electron chi connectivity index (χ4n) is 4.05. The van der Waals surface area contributed by atoms with E-state index in [1.807, 2.05) is 35.2 Å². The molecule has 2 aromatic heterocycles. The number of amides is 2. The largest absolute Gasteiger partial charge is 0.463 e. The highest BCUT2D eigenvalue weighted by molar-refractivity contribution is 7.21. The number of nitrogens with zero attached hydrogens (tertiary/aromatic N) is 5. The lowest BCUT2D eigenvalue weighted by Crippen LogP contribution is -2.43. The molecule has 1 atom stereocenters. The molecule has 0 bridgehead atoms. The lowest BCUT2D eigenvalue weighted by Gasteiger charge is -2.24. The monoisotopic (exact) mass is 542 g/mol. The molecule has 38 heavy (non-hydrogen) atoms. The van der Waals surface area contributed by atoms with Crippen LogP contribution in [-0.4, -0.2) is 69.8 Å². The molecule has 2 amide bonds. The summed E-state index contributed by atoms with van der Waals surface area (Å²) in [5.41, 5.74) is 0.338. The van der Waals surface area contributed by atoms with Crippen LogP contribution in [0, 0.1) is 0 Å². The van der Waals surface area contributed by atoms with E-state index in [2.05, 4.69) is 15.3 Å². The van der Waals surface area contributed by atoms with Crippen molar-refractivity contribution in [2.45, 2.75) is 51.8 Å².